The van der Waals surface area contributed by atoms with E-state index in [1.165, 1.54) is 12.8 Å². The van der Waals surface area contributed by atoms with Crippen molar-refractivity contribution in [1.29, 1.82) is 0 Å². The van der Waals surface area contributed by atoms with E-state index in [9.17, 15) is 4.79 Å². The number of hydrogen-bond acceptors (Lipinski definition) is 1. The van der Waals surface area contributed by atoms with Crippen LogP contribution in [0, 0.1) is 0 Å². The summed E-state index contributed by atoms with van der Waals surface area (Å²) in [5.41, 5.74) is 2.61. The molecule has 0 unspecified atom stereocenters. The Kier molecular flexibility index (Phi) is 4.38. The molecule has 2 nitrogen and oxygen atoms in total. The molecule has 0 spiro atoms. The first-order valence-corrected chi connectivity index (χ1v) is 7.99. The van der Waals surface area contributed by atoms with E-state index in [-0.39, 0.29) is 5.78 Å². The summed E-state index contributed by atoms with van der Waals surface area (Å²) in [4.78, 5) is 12.8. The summed E-state index contributed by atoms with van der Waals surface area (Å²) in [5.74, 6) is 0.0987. The molecule has 0 bridgehead atoms. The molecule has 3 aromatic rings. The second-order valence-electron chi connectivity index (χ2n) is 5.65. The van der Waals surface area contributed by atoms with Crippen molar-refractivity contribution in [2.75, 3.05) is 0 Å². The maximum absolute atomic E-state index is 12.8. The highest BCUT2D eigenvalue weighted by atomic mass is 16.1. The Hall–Kier alpha value is -2.35. The number of rotatable bonds is 6. The van der Waals surface area contributed by atoms with Crippen LogP contribution in [0.5, 0.6) is 0 Å². The van der Waals surface area contributed by atoms with Crippen molar-refractivity contribution in [2.24, 2.45) is 0 Å². The van der Waals surface area contributed by atoms with Crippen LogP contribution in [0.25, 0.3) is 10.9 Å². The van der Waals surface area contributed by atoms with Crippen LogP contribution in [-0.4, -0.2) is 10.4 Å². The molecule has 0 radical (unpaired) electrons. The largest absolute Gasteiger partial charge is 0.347 e. The van der Waals surface area contributed by atoms with Crippen molar-refractivity contribution in [1.82, 2.24) is 4.57 Å². The first-order chi connectivity index (χ1) is 10.8. The third-order valence-corrected chi connectivity index (χ3v) is 4.07. The van der Waals surface area contributed by atoms with Crippen molar-refractivity contribution < 1.29 is 4.79 Å². The monoisotopic (exact) mass is 291 g/mol. The highest BCUT2D eigenvalue weighted by Crippen LogP contribution is 2.23. The molecular formula is C20H21NO. The van der Waals surface area contributed by atoms with Crippen LogP contribution < -0.4 is 0 Å². The van der Waals surface area contributed by atoms with E-state index in [0.29, 0.717) is 0 Å². The minimum atomic E-state index is 0.0987. The van der Waals surface area contributed by atoms with Crippen LogP contribution >= 0.6 is 0 Å². The Labute approximate surface area is 131 Å². The summed E-state index contributed by atoms with van der Waals surface area (Å²) in [5, 5.41) is 1.14. The molecule has 3 rings (SSSR count). The molecule has 2 heteroatoms. The average molecular weight is 291 g/mol. The number of carbonyl (C=O) groups is 1. The average Bonchev–Trinajstić information content (AvgIpc) is 2.99. The summed E-state index contributed by atoms with van der Waals surface area (Å²) in [7, 11) is 0. The van der Waals surface area contributed by atoms with Gasteiger partial charge in [-0.2, -0.15) is 0 Å². The molecule has 0 atom stereocenters. The van der Waals surface area contributed by atoms with Gasteiger partial charge in [0.1, 0.15) is 0 Å². The van der Waals surface area contributed by atoms with Crippen LogP contribution in [0.3, 0.4) is 0 Å². The Morgan fingerprint density at radius 2 is 1.77 bits per heavy atom. The molecule has 0 aliphatic heterocycles. The Balaban J connectivity index is 2.02. The van der Waals surface area contributed by atoms with E-state index in [1.807, 2.05) is 42.5 Å². The Morgan fingerprint density at radius 1 is 0.955 bits per heavy atom. The van der Waals surface area contributed by atoms with E-state index in [1.54, 1.807) is 0 Å². The van der Waals surface area contributed by atoms with Gasteiger partial charge in [-0.05, 0) is 18.6 Å². The summed E-state index contributed by atoms with van der Waals surface area (Å²) < 4.78 is 2.22. The molecule has 0 saturated heterocycles. The third-order valence-electron chi connectivity index (χ3n) is 4.07. The summed E-state index contributed by atoms with van der Waals surface area (Å²) >= 11 is 0. The lowest BCUT2D eigenvalue weighted by Gasteiger charge is -2.09. The van der Waals surface area contributed by atoms with Gasteiger partial charge in [0.2, 0.25) is 0 Å². The maximum atomic E-state index is 12.8. The fourth-order valence-corrected chi connectivity index (χ4v) is 2.91. The standard InChI is InChI=1S/C20H21NO/c1-2-3-7-14-21-15-13-16-11-8-12-18(19(16)21)20(22)17-9-5-4-6-10-17/h4-6,8-13,15H,2-3,7,14H2,1H3. The number of aromatic nitrogens is 1. The van der Waals surface area contributed by atoms with Crippen LogP contribution in [0.1, 0.15) is 42.1 Å². The van der Waals surface area contributed by atoms with Gasteiger partial charge >= 0.3 is 0 Å². The molecule has 0 saturated carbocycles. The Bertz CT molecular complexity index is 771. The van der Waals surface area contributed by atoms with Gasteiger partial charge in [-0.15, -0.1) is 0 Å². The Morgan fingerprint density at radius 3 is 2.55 bits per heavy atom. The molecule has 0 aliphatic rings. The number of carbonyl (C=O) groups excluding carboxylic acids is 1. The van der Waals surface area contributed by atoms with E-state index < -0.39 is 0 Å². The van der Waals surface area contributed by atoms with Crippen LogP contribution in [-0.2, 0) is 6.54 Å². The zero-order chi connectivity index (χ0) is 15.4. The molecule has 22 heavy (non-hydrogen) atoms. The number of benzene rings is 2. The molecule has 0 fully saturated rings. The number of nitrogens with zero attached hydrogens (tertiary/aromatic N) is 1. The quantitative estimate of drug-likeness (QED) is 0.459. The highest BCUT2D eigenvalue weighted by molar-refractivity contribution is 6.15. The van der Waals surface area contributed by atoms with Crippen LogP contribution in [0.2, 0.25) is 0 Å². The lowest BCUT2D eigenvalue weighted by molar-refractivity contribution is 0.104. The fourth-order valence-electron chi connectivity index (χ4n) is 2.91. The van der Waals surface area contributed by atoms with Gasteiger partial charge in [-0.25, -0.2) is 0 Å². The van der Waals surface area contributed by atoms with Crippen molar-refractivity contribution in [2.45, 2.75) is 32.7 Å². The molecular weight excluding hydrogens is 270 g/mol. The first kappa shape index (κ1) is 14.6. The molecule has 112 valence electrons. The molecule has 1 heterocycles. The number of hydrogen-bond donors (Lipinski definition) is 0. The number of ketones is 1. The van der Waals surface area contributed by atoms with Gasteiger partial charge in [0, 0.05) is 29.3 Å². The van der Waals surface area contributed by atoms with Gasteiger partial charge in [-0.1, -0.05) is 62.2 Å². The van der Waals surface area contributed by atoms with Gasteiger partial charge in [0.25, 0.3) is 0 Å². The highest BCUT2D eigenvalue weighted by Gasteiger charge is 2.14. The van der Waals surface area contributed by atoms with E-state index in [2.05, 4.69) is 29.8 Å². The van der Waals surface area contributed by atoms with Crippen molar-refractivity contribution in [3.05, 3.63) is 71.9 Å². The maximum Gasteiger partial charge on any atom is 0.195 e. The minimum absolute atomic E-state index is 0.0987. The number of unbranched alkanes of at least 4 members (excludes halogenated alkanes) is 2. The topological polar surface area (TPSA) is 22.0 Å². The summed E-state index contributed by atoms with van der Waals surface area (Å²) in [6.07, 6.45) is 5.67. The smallest absolute Gasteiger partial charge is 0.195 e. The fraction of sp³-hybridized carbons (Fsp3) is 0.250. The van der Waals surface area contributed by atoms with Gasteiger partial charge in [0.15, 0.2) is 5.78 Å². The number of fused-ring (bicyclic) bond motifs is 1. The molecule has 0 N–H and O–H groups in total. The van der Waals surface area contributed by atoms with Gasteiger partial charge in [-0.3, -0.25) is 4.79 Å². The van der Waals surface area contributed by atoms with Gasteiger partial charge < -0.3 is 4.57 Å². The normalized spacial score (nSPS) is 11.0. The third kappa shape index (κ3) is 2.82. The van der Waals surface area contributed by atoms with Crippen molar-refractivity contribution in [3.8, 4) is 0 Å². The minimum Gasteiger partial charge on any atom is -0.347 e. The lowest BCUT2D eigenvalue weighted by atomic mass is 10.0. The van der Waals surface area contributed by atoms with Gasteiger partial charge in [0.05, 0.1) is 5.52 Å². The van der Waals surface area contributed by atoms with E-state index in [4.69, 9.17) is 0 Å². The number of aryl methyl sites for hydroxylation is 1. The zero-order valence-corrected chi connectivity index (χ0v) is 13.0. The SMILES string of the molecule is CCCCCn1ccc2cccc(C(=O)c3ccccc3)c21. The summed E-state index contributed by atoms with van der Waals surface area (Å²) in [6.45, 7) is 3.18. The van der Waals surface area contributed by atoms with Crippen LogP contribution in [0.4, 0.5) is 0 Å². The molecule has 1 aromatic heterocycles. The van der Waals surface area contributed by atoms with Crippen molar-refractivity contribution in [3.63, 3.8) is 0 Å². The predicted octanol–water partition coefficient (Wildman–Crippen LogP) is 5.06. The predicted molar refractivity (Wildman–Crippen MR) is 91.3 cm³/mol. The van der Waals surface area contributed by atoms with E-state index in [0.717, 1.165) is 35.0 Å². The molecule has 2 aromatic carbocycles. The number of para-hydroxylation sites is 1. The lowest BCUT2D eigenvalue weighted by Crippen LogP contribution is -2.05. The second-order valence-corrected chi connectivity index (χ2v) is 5.65. The zero-order valence-electron chi connectivity index (χ0n) is 13.0. The van der Waals surface area contributed by atoms with E-state index >= 15 is 0 Å². The molecule has 0 amide bonds. The van der Waals surface area contributed by atoms with Crippen molar-refractivity contribution >= 4 is 16.7 Å². The summed E-state index contributed by atoms with van der Waals surface area (Å²) in [6, 6.07) is 17.6. The van der Waals surface area contributed by atoms with Crippen LogP contribution in [0.15, 0.2) is 60.8 Å². The second kappa shape index (κ2) is 6.61. The molecule has 0 aliphatic carbocycles. The first-order valence-electron chi connectivity index (χ1n) is 7.99.